The Morgan fingerprint density at radius 3 is 2.78 bits per heavy atom. The largest absolute Gasteiger partial charge is 0.496 e. The SMILES string of the molecule is CNCCC(=O)NCc1c(Cl)cccc1OC.Cl. The predicted octanol–water partition coefficient (Wildman–Crippen LogP) is 2.00. The van der Waals surface area contributed by atoms with Crippen LogP contribution in [0.15, 0.2) is 18.2 Å². The van der Waals surface area contributed by atoms with Crippen molar-refractivity contribution in [2.24, 2.45) is 0 Å². The Morgan fingerprint density at radius 1 is 1.44 bits per heavy atom. The number of halogens is 2. The van der Waals surface area contributed by atoms with Crippen LogP contribution in [-0.4, -0.2) is 26.6 Å². The fraction of sp³-hybridized carbons (Fsp3) is 0.417. The molecule has 18 heavy (non-hydrogen) atoms. The van der Waals surface area contributed by atoms with Gasteiger partial charge in [0.25, 0.3) is 0 Å². The van der Waals surface area contributed by atoms with Crippen molar-refractivity contribution in [3.63, 3.8) is 0 Å². The van der Waals surface area contributed by atoms with E-state index in [1.54, 1.807) is 13.2 Å². The van der Waals surface area contributed by atoms with E-state index in [2.05, 4.69) is 10.6 Å². The summed E-state index contributed by atoms with van der Waals surface area (Å²) in [5.74, 6) is 0.674. The molecule has 2 N–H and O–H groups in total. The van der Waals surface area contributed by atoms with Crippen molar-refractivity contribution in [1.29, 1.82) is 0 Å². The lowest BCUT2D eigenvalue weighted by molar-refractivity contribution is -0.121. The number of carbonyl (C=O) groups excluding carboxylic acids is 1. The van der Waals surface area contributed by atoms with Crippen LogP contribution in [0.5, 0.6) is 5.75 Å². The van der Waals surface area contributed by atoms with Crippen molar-refractivity contribution in [3.05, 3.63) is 28.8 Å². The zero-order valence-corrected chi connectivity index (χ0v) is 12.0. The molecule has 6 heteroatoms. The van der Waals surface area contributed by atoms with Crippen LogP contribution in [0.4, 0.5) is 0 Å². The van der Waals surface area contributed by atoms with Crippen LogP contribution in [0, 0.1) is 0 Å². The minimum atomic E-state index is -0.0127. The van der Waals surface area contributed by atoms with Gasteiger partial charge in [-0.1, -0.05) is 17.7 Å². The van der Waals surface area contributed by atoms with E-state index in [1.807, 2.05) is 19.2 Å². The van der Waals surface area contributed by atoms with Crippen LogP contribution in [0.25, 0.3) is 0 Å². The molecule has 102 valence electrons. The second kappa shape index (κ2) is 9.03. The van der Waals surface area contributed by atoms with Gasteiger partial charge in [0.05, 0.1) is 7.11 Å². The van der Waals surface area contributed by atoms with Crippen molar-refractivity contribution in [3.8, 4) is 5.75 Å². The molecular formula is C12H18Cl2N2O2. The van der Waals surface area contributed by atoms with E-state index < -0.39 is 0 Å². The zero-order chi connectivity index (χ0) is 12.7. The van der Waals surface area contributed by atoms with Gasteiger partial charge in [-0.2, -0.15) is 0 Å². The first-order chi connectivity index (χ1) is 8.19. The molecule has 0 bridgehead atoms. The zero-order valence-electron chi connectivity index (χ0n) is 10.5. The summed E-state index contributed by atoms with van der Waals surface area (Å²) in [6.45, 7) is 1.04. The third-order valence-corrected chi connectivity index (χ3v) is 2.71. The van der Waals surface area contributed by atoms with Gasteiger partial charge in [0.15, 0.2) is 0 Å². The molecule has 0 saturated carbocycles. The molecule has 4 nitrogen and oxygen atoms in total. The topological polar surface area (TPSA) is 50.4 Å². The Balaban J connectivity index is 0.00000289. The second-order valence-corrected chi connectivity index (χ2v) is 3.96. The third kappa shape index (κ3) is 5.12. The van der Waals surface area contributed by atoms with E-state index in [0.29, 0.717) is 30.3 Å². The van der Waals surface area contributed by atoms with E-state index in [4.69, 9.17) is 16.3 Å². The third-order valence-electron chi connectivity index (χ3n) is 2.36. The summed E-state index contributed by atoms with van der Waals surface area (Å²) >= 11 is 6.05. The van der Waals surface area contributed by atoms with Gasteiger partial charge < -0.3 is 15.4 Å². The molecule has 0 radical (unpaired) electrons. The minimum Gasteiger partial charge on any atom is -0.496 e. The maximum atomic E-state index is 11.5. The summed E-state index contributed by atoms with van der Waals surface area (Å²) in [6, 6.07) is 5.41. The van der Waals surface area contributed by atoms with Crippen LogP contribution in [0.1, 0.15) is 12.0 Å². The molecular weight excluding hydrogens is 275 g/mol. The smallest absolute Gasteiger partial charge is 0.221 e. The first kappa shape index (κ1) is 17.0. The molecule has 0 aliphatic carbocycles. The Morgan fingerprint density at radius 2 is 2.17 bits per heavy atom. The molecule has 0 spiro atoms. The normalized spacial score (nSPS) is 9.50. The van der Waals surface area contributed by atoms with Gasteiger partial charge in [-0.05, 0) is 19.2 Å². The number of rotatable bonds is 6. The molecule has 0 aromatic heterocycles. The van der Waals surface area contributed by atoms with Gasteiger partial charge in [-0.3, -0.25) is 4.79 Å². The summed E-state index contributed by atoms with van der Waals surface area (Å²) in [7, 11) is 3.39. The van der Waals surface area contributed by atoms with Gasteiger partial charge in [0.2, 0.25) is 5.91 Å². The van der Waals surface area contributed by atoms with Gasteiger partial charge in [0.1, 0.15) is 5.75 Å². The lowest BCUT2D eigenvalue weighted by Gasteiger charge is -2.11. The summed E-state index contributed by atoms with van der Waals surface area (Å²) in [5.41, 5.74) is 0.800. The molecule has 1 aromatic rings. The van der Waals surface area contributed by atoms with Crippen LogP contribution in [0.2, 0.25) is 5.02 Å². The number of nitrogens with one attached hydrogen (secondary N) is 2. The van der Waals surface area contributed by atoms with Crippen LogP contribution < -0.4 is 15.4 Å². The lowest BCUT2D eigenvalue weighted by Crippen LogP contribution is -2.26. The molecule has 0 fully saturated rings. The Hall–Kier alpha value is -0.970. The molecule has 1 amide bonds. The highest BCUT2D eigenvalue weighted by molar-refractivity contribution is 6.31. The summed E-state index contributed by atoms with van der Waals surface area (Å²) in [6.07, 6.45) is 0.448. The van der Waals surface area contributed by atoms with Crippen molar-refractivity contribution in [2.75, 3.05) is 20.7 Å². The number of carbonyl (C=O) groups is 1. The Kier molecular flexibility index (Phi) is 8.54. The molecule has 1 aromatic carbocycles. The average molecular weight is 293 g/mol. The van der Waals surface area contributed by atoms with Gasteiger partial charge in [0, 0.05) is 30.1 Å². The van der Waals surface area contributed by atoms with Crippen molar-refractivity contribution < 1.29 is 9.53 Å². The first-order valence-electron chi connectivity index (χ1n) is 5.41. The molecule has 0 aliphatic rings. The number of benzene rings is 1. The van der Waals surface area contributed by atoms with E-state index in [-0.39, 0.29) is 18.3 Å². The van der Waals surface area contributed by atoms with E-state index in [1.165, 1.54) is 0 Å². The van der Waals surface area contributed by atoms with E-state index in [9.17, 15) is 4.79 Å². The highest BCUT2D eigenvalue weighted by atomic mass is 35.5. The first-order valence-corrected chi connectivity index (χ1v) is 5.79. The van der Waals surface area contributed by atoms with Gasteiger partial charge >= 0.3 is 0 Å². The van der Waals surface area contributed by atoms with Crippen LogP contribution in [0.3, 0.4) is 0 Å². The highest BCUT2D eigenvalue weighted by Gasteiger charge is 2.08. The predicted molar refractivity (Wildman–Crippen MR) is 75.6 cm³/mol. The molecule has 0 unspecified atom stereocenters. The molecule has 1 rings (SSSR count). The number of ether oxygens (including phenoxy) is 1. The van der Waals surface area contributed by atoms with Gasteiger partial charge in [-0.25, -0.2) is 0 Å². The monoisotopic (exact) mass is 292 g/mol. The van der Waals surface area contributed by atoms with Gasteiger partial charge in [-0.15, -0.1) is 12.4 Å². The van der Waals surface area contributed by atoms with E-state index >= 15 is 0 Å². The Bertz CT molecular complexity index is 386. The molecule has 0 atom stereocenters. The van der Waals surface area contributed by atoms with Crippen LogP contribution >= 0.6 is 24.0 Å². The average Bonchev–Trinajstić information content (AvgIpc) is 2.34. The molecule has 0 saturated heterocycles. The highest BCUT2D eigenvalue weighted by Crippen LogP contribution is 2.25. The number of methoxy groups -OCH3 is 1. The van der Waals surface area contributed by atoms with Crippen molar-refractivity contribution in [1.82, 2.24) is 10.6 Å². The minimum absolute atomic E-state index is 0. The fourth-order valence-corrected chi connectivity index (χ4v) is 1.65. The summed E-state index contributed by atoms with van der Waals surface area (Å²) in [5, 5.41) is 6.32. The summed E-state index contributed by atoms with van der Waals surface area (Å²) < 4.78 is 5.19. The summed E-state index contributed by atoms with van der Waals surface area (Å²) in [4.78, 5) is 11.5. The second-order valence-electron chi connectivity index (χ2n) is 3.55. The van der Waals surface area contributed by atoms with Crippen LogP contribution in [-0.2, 0) is 11.3 Å². The standard InChI is InChI=1S/C12H17ClN2O2.ClH/c1-14-7-6-12(16)15-8-9-10(13)4-3-5-11(9)17-2;/h3-5,14H,6-8H2,1-2H3,(H,15,16);1H. The fourth-order valence-electron chi connectivity index (χ4n) is 1.42. The molecule has 0 aliphatic heterocycles. The number of hydrogen-bond donors (Lipinski definition) is 2. The molecule has 0 heterocycles. The maximum absolute atomic E-state index is 11.5. The maximum Gasteiger partial charge on any atom is 0.221 e. The van der Waals surface area contributed by atoms with E-state index in [0.717, 1.165) is 5.56 Å². The van der Waals surface area contributed by atoms with Crippen molar-refractivity contribution >= 4 is 29.9 Å². The van der Waals surface area contributed by atoms with Crippen molar-refractivity contribution in [2.45, 2.75) is 13.0 Å². The quantitative estimate of drug-likeness (QED) is 0.843. The number of hydrogen-bond acceptors (Lipinski definition) is 3. The number of amides is 1. The lowest BCUT2D eigenvalue weighted by atomic mass is 10.2. The Labute approximate surface area is 118 Å².